The molecule has 0 bridgehead atoms. The minimum atomic E-state index is -0.241. The second-order valence-electron chi connectivity index (χ2n) is 5.59. The number of amides is 2. The van der Waals surface area contributed by atoms with E-state index in [1.54, 1.807) is 4.90 Å². The number of carbonyl (C=O) groups is 2. The normalized spacial score (nSPS) is 18.7. The molecule has 0 spiro atoms. The van der Waals surface area contributed by atoms with Crippen LogP contribution < -0.4 is 10.2 Å². The van der Waals surface area contributed by atoms with E-state index >= 15 is 0 Å². The van der Waals surface area contributed by atoms with Gasteiger partial charge in [0.15, 0.2) is 0 Å². The molecule has 0 radical (unpaired) electrons. The molecule has 0 saturated carbocycles. The maximum Gasteiger partial charge on any atom is 0.227 e. The molecule has 2 rings (SSSR count). The van der Waals surface area contributed by atoms with Gasteiger partial charge in [0.25, 0.3) is 0 Å². The summed E-state index contributed by atoms with van der Waals surface area (Å²) in [6.07, 6.45) is 1.24. The van der Waals surface area contributed by atoms with Crippen molar-refractivity contribution in [3.05, 3.63) is 29.8 Å². The van der Waals surface area contributed by atoms with Crippen molar-refractivity contribution in [3.8, 4) is 0 Å². The maximum absolute atomic E-state index is 12.1. The second kappa shape index (κ2) is 6.07. The molecule has 1 aliphatic rings. The Morgan fingerprint density at radius 2 is 2.20 bits per heavy atom. The second-order valence-corrected chi connectivity index (χ2v) is 5.59. The van der Waals surface area contributed by atoms with Crippen molar-refractivity contribution in [1.29, 1.82) is 0 Å². The van der Waals surface area contributed by atoms with Crippen LogP contribution >= 0.6 is 0 Å². The van der Waals surface area contributed by atoms with Crippen LogP contribution in [0.15, 0.2) is 24.3 Å². The molecule has 0 unspecified atom stereocenters. The van der Waals surface area contributed by atoms with Crippen molar-refractivity contribution in [1.82, 2.24) is 5.32 Å². The van der Waals surface area contributed by atoms with E-state index in [2.05, 4.69) is 12.2 Å². The van der Waals surface area contributed by atoms with Gasteiger partial charge in [0.2, 0.25) is 11.8 Å². The average molecular weight is 274 g/mol. The van der Waals surface area contributed by atoms with Gasteiger partial charge in [0.1, 0.15) is 0 Å². The molecule has 0 aromatic heterocycles. The van der Waals surface area contributed by atoms with Crippen molar-refractivity contribution in [3.63, 3.8) is 0 Å². The van der Waals surface area contributed by atoms with Gasteiger partial charge in [0.05, 0.1) is 5.92 Å². The SMILES string of the molecule is CCc1cccc(N2C[C@@H](C(=O)NC(C)C)CC2=O)c1. The van der Waals surface area contributed by atoms with Crippen molar-refractivity contribution in [2.24, 2.45) is 5.92 Å². The lowest BCUT2D eigenvalue weighted by Gasteiger charge is -2.18. The summed E-state index contributed by atoms with van der Waals surface area (Å²) in [5.41, 5.74) is 2.10. The number of nitrogens with zero attached hydrogens (tertiary/aromatic N) is 1. The van der Waals surface area contributed by atoms with E-state index in [9.17, 15) is 9.59 Å². The summed E-state index contributed by atoms with van der Waals surface area (Å²) in [4.78, 5) is 25.9. The van der Waals surface area contributed by atoms with E-state index in [4.69, 9.17) is 0 Å². The van der Waals surface area contributed by atoms with Gasteiger partial charge in [-0.3, -0.25) is 9.59 Å². The fourth-order valence-corrected chi connectivity index (χ4v) is 2.48. The van der Waals surface area contributed by atoms with E-state index in [1.165, 1.54) is 5.56 Å². The van der Waals surface area contributed by atoms with Crippen LogP contribution in [0, 0.1) is 5.92 Å². The van der Waals surface area contributed by atoms with Gasteiger partial charge in [-0.05, 0) is 38.0 Å². The number of carbonyl (C=O) groups excluding carboxylic acids is 2. The van der Waals surface area contributed by atoms with E-state index in [1.807, 2.05) is 38.1 Å². The molecule has 0 aliphatic carbocycles. The van der Waals surface area contributed by atoms with E-state index in [-0.39, 0.29) is 23.8 Å². The summed E-state index contributed by atoms with van der Waals surface area (Å²) < 4.78 is 0. The average Bonchev–Trinajstić information content (AvgIpc) is 2.80. The summed E-state index contributed by atoms with van der Waals surface area (Å²) in [6, 6.07) is 8.08. The molecule has 4 heteroatoms. The zero-order valence-corrected chi connectivity index (χ0v) is 12.3. The van der Waals surface area contributed by atoms with Gasteiger partial charge in [-0.15, -0.1) is 0 Å². The summed E-state index contributed by atoms with van der Waals surface area (Å²) in [6.45, 7) is 6.42. The Kier molecular flexibility index (Phi) is 4.42. The molecule has 1 aromatic rings. The minimum Gasteiger partial charge on any atom is -0.354 e. The Morgan fingerprint density at radius 3 is 2.85 bits per heavy atom. The molecule has 1 atom stereocenters. The number of hydrogen-bond acceptors (Lipinski definition) is 2. The van der Waals surface area contributed by atoms with Crippen molar-refractivity contribution >= 4 is 17.5 Å². The van der Waals surface area contributed by atoms with Gasteiger partial charge in [-0.2, -0.15) is 0 Å². The van der Waals surface area contributed by atoms with Crippen LogP contribution in [-0.2, 0) is 16.0 Å². The van der Waals surface area contributed by atoms with Crippen LogP contribution in [0.3, 0.4) is 0 Å². The Balaban J connectivity index is 2.10. The molecule has 108 valence electrons. The molecule has 1 aliphatic heterocycles. The fraction of sp³-hybridized carbons (Fsp3) is 0.500. The summed E-state index contributed by atoms with van der Waals surface area (Å²) >= 11 is 0. The Morgan fingerprint density at radius 1 is 1.45 bits per heavy atom. The molecule has 4 nitrogen and oxygen atoms in total. The smallest absolute Gasteiger partial charge is 0.227 e. The summed E-state index contributed by atoms with van der Waals surface area (Å²) in [7, 11) is 0. The fourth-order valence-electron chi connectivity index (χ4n) is 2.48. The quantitative estimate of drug-likeness (QED) is 0.914. The van der Waals surface area contributed by atoms with Crippen LogP contribution in [0.1, 0.15) is 32.8 Å². The van der Waals surface area contributed by atoms with E-state index in [0.717, 1.165) is 12.1 Å². The number of hydrogen-bond donors (Lipinski definition) is 1. The molecular formula is C16H22N2O2. The number of anilines is 1. The zero-order valence-electron chi connectivity index (χ0n) is 12.3. The largest absolute Gasteiger partial charge is 0.354 e. The minimum absolute atomic E-state index is 0.0255. The highest BCUT2D eigenvalue weighted by Gasteiger charge is 2.35. The summed E-state index contributed by atoms with van der Waals surface area (Å²) in [5.74, 6) is -0.236. The standard InChI is InChI=1S/C16H22N2O2/c1-4-12-6-5-7-14(8-12)18-10-13(9-15(18)19)16(20)17-11(2)3/h5-8,11,13H,4,9-10H2,1-3H3,(H,17,20)/t13-/m0/s1. The molecule has 1 aromatic carbocycles. The zero-order chi connectivity index (χ0) is 14.7. The summed E-state index contributed by atoms with van der Waals surface area (Å²) in [5, 5.41) is 2.88. The van der Waals surface area contributed by atoms with Crippen LogP contribution in [0.5, 0.6) is 0 Å². The first-order chi connectivity index (χ1) is 9.51. The Bertz CT molecular complexity index is 511. The monoisotopic (exact) mass is 274 g/mol. The van der Waals surface area contributed by atoms with Crippen molar-refractivity contribution in [2.45, 2.75) is 39.7 Å². The predicted molar refractivity (Wildman–Crippen MR) is 79.6 cm³/mol. The van der Waals surface area contributed by atoms with Gasteiger partial charge in [-0.25, -0.2) is 0 Å². The lowest BCUT2D eigenvalue weighted by Crippen LogP contribution is -2.36. The molecule has 2 amide bonds. The lowest BCUT2D eigenvalue weighted by atomic mass is 10.1. The molecule has 1 saturated heterocycles. The first-order valence-electron chi connectivity index (χ1n) is 7.21. The molecule has 1 fully saturated rings. The van der Waals surface area contributed by atoms with Crippen molar-refractivity contribution in [2.75, 3.05) is 11.4 Å². The van der Waals surface area contributed by atoms with Gasteiger partial charge in [-0.1, -0.05) is 19.1 Å². The maximum atomic E-state index is 12.1. The van der Waals surface area contributed by atoms with Crippen LogP contribution in [0.4, 0.5) is 5.69 Å². The third-order valence-corrected chi connectivity index (χ3v) is 3.56. The third-order valence-electron chi connectivity index (χ3n) is 3.56. The lowest BCUT2D eigenvalue weighted by molar-refractivity contribution is -0.126. The predicted octanol–water partition coefficient (Wildman–Crippen LogP) is 2.13. The van der Waals surface area contributed by atoms with Gasteiger partial charge in [0, 0.05) is 24.7 Å². The number of rotatable bonds is 4. The van der Waals surface area contributed by atoms with E-state index < -0.39 is 0 Å². The Hall–Kier alpha value is -1.84. The highest BCUT2D eigenvalue weighted by atomic mass is 16.2. The van der Waals surface area contributed by atoms with Gasteiger partial charge < -0.3 is 10.2 Å². The van der Waals surface area contributed by atoms with Crippen LogP contribution in [0.2, 0.25) is 0 Å². The third kappa shape index (κ3) is 3.18. The molecule has 1 heterocycles. The topological polar surface area (TPSA) is 49.4 Å². The number of aryl methyl sites for hydroxylation is 1. The number of nitrogens with one attached hydrogen (secondary N) is 1. The first-order valence-corrected chi connectivity index (χ1v) is 7.21. The van der Waals surface area contributed by atoms with Crippen LogP contribution in [-0.4, -0.2) is 24.4 Å². The Labute approximate surface area is 120 Å². The molecule has 1 N–H and O–H groups in total. The van der Waals surface area contributed by atoms with Gasteiger partial charge >= 0.3 is 0 Å². The van der Waals surface area contributed by atoms with Crippen molar-refractivity contribution < 1.29 is 9.59 Å². The molecule has 20 heavy (non-hydrogen) atoms. The molecular weight excluding hydrogens is 252 g/mol. The first kappa shape index (κ1) is 14.6. The highest BCUT2D eigenvalue weighted by Crippen LogP contribution is 2.26. The van der Waals surface area contributed by atoms with Crippen LogP contribution in [0.25, 0.3) is 0 Å². The van der Waals surface area contributed by atoms with E-state index in [0.29, 0.717) is 13.0 Å². The number of benzene rings is 1. The highest BCUT2D eigenvalue weighted by molar-refractivity contribution is 6.00.